The third-order valence-corrected chi connectivity index (χ3v) is 4.59. The van der Waals surface area contributed by atoms with Crippen molar-refractivity contribution in [1.82, 2.24) is 10.3 Å². The smallest absolute Gasteiger partial charge is 0.0897 e. The molecular weight excluding hydrogens is 332 g/mol. The van der Waals surface area contributed by atoms with Crippen molar-refractivity contribution in [1.29, 1.82) is 0 Å². The molecule has 0 saturated carbocycles. The number of thiazole rings is 1. The molecule has 0 bridgehead atoms. The fourth-order valence-corrected chi connectivity index (χ4v) is 3.07. The lowest BCUT2D eigenvalue weighted by molar-refractivity contribution is 0.524. The maximum Gasteiger partial charge on any atom is 0.0897 e. The molecule has 0 radical (unpaired) electrons. The van der Waals surface area contributed by atoms with Crippen molar-refractivity contribution < 1.29 is 0 Å². The standard InChI is InChI=1S/C16H21BrN2S/c1-11(2)18-9-14(8-16-10-20-12(3)19-16)13-4-6-15(17)7-5-13/h4-7,10-11,14,18H,8-9H2,1-3H3. The van der Waals surface area contributed by atoms with E-state index >= 15 is 0 Å². The van der Waals surface area contributed by atoms with Gasteiger partial charge in [0.1, 0.15) is 0 Å². The topological polar surface area (TPSA) is 24.9 Å². The molecule has 2 nitrogen and oxygen atoms in total. The van der Waals surface area contributed by atoms with E-state index in [0.29, 0.717) is 12.0 Å². The molecule has 1 N–H and O–H groups in total. The molecule has 20 heavy (non-hydrogen) atoms. The molecular formula is C16H21BrN2S. The Balaban J connectivity index is 2.13. The third kappa shape index (κ3) is 4.69. The van der Waals surface area contributed by atoms with Crippen molar-refractivity contribution in [3.05, 3.63) is 50.4 Å². The van der Waals surface area contributed by atoms with Crippen LogP contribution in [0, 0.1) is 6.92 Å². The number of aromatic nitrogens is 1. The molecule has 0 amide bonds. The van der Waals surface area contributed by atoms with Crippen LogP contribution >= 0.6 is 27.3 Å². The second-order valence-electron chi connectivity index (χ2n) is 5.37. The van der Waals surface area contributed by atoms with Crippen LogP contribution in [0.4, 0.5) is 0 Å². The Hall–Kier alpha value is -0.710. The summed E-state index contributed by atoms with van der Waals surface area (Å²) in [5.41, 5.74) is 2.57. The summed E-state index contributed by atoms with van der Waals surface area (Å²) < 4.78 is 1.13. The van der Waals surface area contributed by atoms with Gasteiger partial charge in [-0.05, 0) is 31.0 Å². The molecule has 2 rings (SSSR count). The van der Waals surface area contributed by atoms with Crippen LogP contribution in [0.3, 0.4) is 0 Å². The summed E-state index contributed by atoms with van der Waals surface area (Å²) >= 11 is 5.23. The van der Waals surface area contributed by atoms with Crippen molar-refractivity contribution in [3.8, 4) is 0 Å². The van der Waals surface area contributed by atoms with Crippen LogP contribution in [0.25, 0.3) is 0 Å². The van der Waals surface area contributed by atoms with Crippen LogP contribution in [0.5, 0.6) is 0 Å². The number of rotatable bonds is 6. The molecule has 1 unspecified atom stereocenters. The van der Waals surface area contributed by atoms with E-state index in [1.165, 1.54) is 11.3 Å². The Bertz CT molecular complexity index is 534. The van der Waals surface area contributed by atoms with Gasteiger partial charge in [0.25, 0.3) is 0 Å². The number of nitrogens with zero attached hydrogens (tertiary/aromatic N) is 1. The van der Waals surface area contributed by atoms with E-state index in [-0.39, 0.29) is 0 Å². The van der Waals surface area contributed by atoms with Crippen LogP contribution in [-0.4, -0.2) is 17.6 Å². The summed E-state index contributed by atoms with van der Waals surface area (Å²) in [5, 5.41) is 6.87. The minimum atomic E-state index is 0.465. The normalized spacial score (nSPS) is 12.8. The van der Waals surface area contributed by atoms with Crippen LogP contribution in [0.15, 0.2) is 34.1 Å². The minimum Gasteiger partial charge on any atom is -0.314 e. The highest BCUT2D eigenvalue weighted by Gasteiger charge is 2.14. The highest BCUT2D eigenvalue weighted by molar-refractivity contribution is 9.10. The van der Waals surface area contributed by atoms with Crippen molar-refractivity contribution in [3.63, 3.8) is 0 Å². The number of benzene rings is 1. The van der Waals surface area contributed by atoms with Crippen molar-refractivity contribution in [2.24, 2.45) is 0 Å². The van der Waals surface area contributed by atoms with E-state index in [1.807, 2.05) is 0 Å². The maximum absolute atomic E-state index is 4.60. The lowest BCUT2D eigenvalue weighted by Crippen LogP contribution is -2.29. The largest absolute Gasteiger partial charge is 0.314 e. The summed E-state index contributed by atoms with van der Waals surface area (Å²) in [6.45, 7) is 7.42. The number of halogens is 1. The van der Waals surface area contributed by atoms with Gasteiger partial charge >= 0.3 is 0 Å². The molecule has 2 aromatic rings. The predicted octanol–water partition coefficient (Wildman–Crippen LogP) is 4.54. The second kappa shape index (κ2) is 7.34. The van der Waals surface area contributed by atoms with Gasteiger partial charge in [0.05, 0.1) is 10.7 Å². The molecule has 0 spiro atoms. The lowest BCUT2D eigenvalue weighted by Gasteiger charge is -2.19. The van der Waals surface area contributed by atoms with Crippen LogP contribution in [0.2, 0.25) is 0 Å². The summed E-state index contributed by atoms with van der Waals surface area (Å²) in [4.78, 5) is 4.60. The van der Waals surface area contributed by atoms with Crippen LogP contribution in [0.1, 0.15) is 36.0 Å². The van der Waals surface area contributed by atoms with Crippen LogP contribution in [-0.2, 0) is 6.42 Å². The molecule has 0 saturated heterocycles. The first-order valence-electron chi connectivity index (χ1n) is 6.94. The number of nitrogens with one attached hydrogen (secondary N) is 1. The molecule has 0 aliphatic heterocycles. The molecule has 1 heterocycles. The van der Waals surface area contributed by atoms with Gasteiger partial charge in [0.15, 0.2) is 0 Å². The predicted molar refractivity (Wildman–Crippen MR) is 90.6 cm³/mol. The molecule has 1 atom stereocenters. The zero-order valence-electron chi connectivity index (χ0n) is 12.2. The van der Waals surface area contributed by atoms with Crippen molar-refractivity contribution >= 4 is 27.3 Å². The van der Waals surface area contributed by atoms with E-state index in [4.69, 9.17) is 0 Å². The third-order valence-electron chi connectivity index (χ3n) is 3.24. The summed E-state index contributed by atoms with van der Waals surface area (Å²) in [7, 11) is 0. The Morgan fingerprint density at radius 3 is 2.50 bits per heavy atom. The Kier molecular flexibility index (Phi) is 5.75. The van der Waals surface area contributed by atoms with Gasteiger partial charge in [-0.15, -0.1) is 11.3 Å². The Labute approximate surface area is 133 Å². The van der Waals surface area contributed by atoms with Crippen LogP contribution < -0.4 is 5.32 Å². The number of hydrogen-bond acceptors (Lipinski definition) is 3. The molecule has 0 aliphatic carbocycles. The molecule has 4 heteroatoms. The lowest BCUT2D eigenvalue weighted by atomic mass is 9.94. The van der Waals surface area contributed by atoms with Gasteiger partial charge < -0.3 is 5.32 Å². The van der Waals surface area contributed by atoms with Gasteiger partial charge in [0.2, 0.25) is 0 Å². The van der Waals surface area contributed by atoms with Gasteiger partial charge in [-0.2, -0.15) is 0 Å². The molecule has 0 fully saturated rings. The molecule has 0 aliphatic rings. The first-order chi connectivity index (χ1) is 9.54. The van der Waals surface area contributed by atoms with Gasteiger partial charge in [-0.1, -0.05) is 41.9 Å². The summed E-state index contributed by atoms with van der Waals surface area (Å²) in [6.07, 6.45) is 0.992. The summed E-state index contributed by atoms with van der Waals surface area (Å²) in [5.74, 6) is 0.465. The van der Waals surface area contributed by atoms with Crippen molar-refractivity contribution in [2.75, 3.05) is 6.54 Å². The molecule has 1 aromatic heterocycles. The van der Waals surface area contributed by atoms with Gasteiger partial charge in [0, 0.05) is 28.4 Å². The van der Waals surface area contributed by atoms with Gasteiger partial charge in [-0.25, -0.2) is 4.98 Å². The van der Waals surface area contributed by atoms with E-state index < -0.39 is 0 Å². The quantitative estimate of drug-likeness (QED) is 0.825. The SMILES string of the molecule is Cc1nc(CC(CNC(C)C)c2ccc(Br)cc2)cs1. The van der Waals surface area contributed by atoms with E-state index in [1.54, 1.807) is 11.3 Å². The monoisotopic (exact) mass is 352 g/mol. The van der Waals surface area contributed by atoms with E-state index in [0.717, 1.165) is 22.4 Å². The average Bonchev–Trinajstić information content (AvgIpc) is 2.81. The maximum atomic E-state index is 4.60. The van der Waals surface area contributed by atoms with E-state index in [9.17, 15) is 0 Å². The Morgan fingerprint density at radius 1 is 1.25 bits per heavy atom. The number of hydrogen-bond donors (Lipinski definition) is 1. The Morgan fingerprint density at radius 2 is 1.95 bits per heavy atom. The highest BCUT2D eigenvalue weighted by Crippen LogP contribution is 2.23. The number of aryl methyl sites for hydroxylation is 1. The fraction of sp³-hybridized carbons (Fsp3) is 0.438. The average molecular weight is 353 g/mol. The zero-order valence-corrected chi connectivity index (χ0v) is 14.6. The van der Waals surface area contributed by atoms with Crippen molar-refractivity contribution in [2.45, 2.75) is 39.2 Å². The van der Waals surface area contributed by atoms with E-state index in [2.05, 4.69) is 76.6 Å². The molecule has 1 aromatic carbocycles. The van der Waals surface area contributed by atoms with Gasteiger partial charge in [-0.3, -0.25) is 0 Å². The first-order valence-corrected chi connectivity index (χ1v) is 8.61. The molecule has 108 valence electrons. The minimum absolute atomic E-state index is 0.465. The zero-order chi connectivity index (χ0) is 14.5. The summed E-state index contributed by atoms with van der Waals surface area (Å²) in [6, 6.07) is 9.14. The second-order valence-corrected chi connectivity index (χ2v) is 7.35. The fourth-order valence-electron chi connectivity index (χ4n) is 2.18. The first kappa shape index (κ1) is 15.7. The highest BCUT2D eigenvalue weighted by atomic mass is 79.9.